The molecule has 0 amide bonds. The number of nitrogens with zero attached hydrogens (tertiary/aromatic N) is 8. The molecule has 12 nitrogen and oxygen atoms in total. The zero-order valence-electron chi connectivity index (χ0n) is 19.1. The van der Waals surface area contributed by atoms with Gasteiger partial charge in [0.1, 0.15) is 39.9 Å². The van der Waals surface area contributed by atoms with Crippen molar-refractivity contribution in [3.05, 3.63) is 34.6 Å². The number of nitrogens with two attached hydrogens (primary N) is 2. The summed E-state index contributed by atoms with van der Waals surface area (Å²) in [6.45, 7) is 5.57. The van der Waals surface area contributed by atoms with Gasteiger partial charge in [-0.3, -0.25) is 0 Å². The number of rotatable bonds is 2. The van der Waals surface area contributed by atoms with Gasteiger partial charge in [0, 0.05) is 11.8 Å². The summed E-state index contributed by atoms with van der Waals surface area (Å²) < 4.78 is 4.10. The molecule has 0 spiro atoms. The number of hydrogen-bond donors (Lipinski definition) is 4. The Morgan fingerprint density at radius 2 is 1.29 bits per heavy atom. The van der Waals surface area contributed by atoms with E-state index in [1.165, 1.54) is 12.7 Å². The lowest BCUT2D eigenvalue weighted by Gasteiger charge is -2.39. The van der Waals surface area contributed by atoms with E-state index in [9.17, 15) is 10.2 Å². The number of halogens is 1. The molecule has 4 heterocycles. The molecule has 180 valence electrons. The van der Waals surface area contributed by atoms with Crippen molar-refractivity contribution in [2.45, 2.75) is 69.5 Å². The molecule has 2 aliphatic carbocycles. The largest absolute Gasteiger partial charge is 0.390 e. The van der Waals surface area contributed by atoms with E-state index in [0.717, 1.165) is 35.7 Å². The molecule has 6 rings (SSSR count). The molecule has 13 heteroatoms. The average Bonchev–Trinajstić information content (AvgIpc) is 3.23. The Kier molecular flexibility index (Phi) is 5.26. The monoisotopic (exact) mass is 530 g/mol. The highest BCUT2D eigenvalue weighted by atomic mass is 79.9. The smallest absolute Gasteiger partial charge is 0.154 e. The Balaban J connectivity index is 0.000000142. The first-order chi connectivity index (χ1) is 16.0. The van der Waals surface area contributed by atoms with Crippen LogP contribution in [0.4, 0.5) is 11.6 Å². The number of aryl methyl sites for hydroxylation is 1. The summed E-state index contributed by atoms with van der Waals surface area (Å²) >= 11 is 3.36. The number of fused-ring (bicyclic) bond motifs is 2. The second kappa shape index (κ2) is 7.82. The van der Waals surface area contributed by atoms with E-state index in [4.69, 9.17) is 11.5 Å². The third-order valence-electron chi connectivity index (χ3n) is 6.58. The van der Waals surface area contributed by atoms with Crippen LogP contribution in [-0.2, 0) is 0 Å². The lowest BCUT2D eigenvalue weighted by atomic mass is 9.72. The van der Waals surface area contributed by atoms with Crippen LogP contribution in [-0.4, -0.2) is 60.6 Å². The summed E-state index contributed by atoms with van der Waals surface area (Å²) in [5.41, 5.74) is 12.8. The van der Waals surface area contributed by atoms with Gasteiger partial charge in [-0.05, 0) is 62.4 Å². The van der Waals surface area contributed by atoms with E-state index in [0.29, 0.717) is 34.6 Å². The van der Waals surface area contributed by atoms with Gasteiger partial charge in [0.05, 0.1) is 16.9 Å². The van der Waals surface area contributed by atoms with Crippen LogP contribution in [0.3, 0.4) is 0 Å². The number of hydrogen-bond acceptors (Lipinski definition) is 10. The normalized spacial score (nSPS) is 28.3. The van der Waals surface area contributed by atoms with E-state index in [-0.39, 0.29) is 11.8 Å². The zero-order chi connectivity index (χ0) is 24.4. The highest BCUT2D eigenvalue weighted by Gasteiger charge is 2.42. The SMILES string of the molecule is CC1(O)CC(c2nc(Br)c3c(N)ncnn23)C1.Cc1nc(C2CC(C)(O)C2)n2ncnc(N)c12. The summed E-state index contributed by atoms with van der Waals surface area (Å²) in [7, 11) is 0. The number of aliphatic hydroxyl groups is 2. The Labute approximate surface area is 203 Å². The molecule has 4 aromatic rings. The van der Waals surface area contributed by atoms with E-state index in [2.05, 4.69) is 46.1 Å². The molecule has 34 heavy (non-hydrogen) atoms. The second-order valence-corrected chi connectivity index (χ2v) is 10.6. The maximum Gasteiger partial charge on any atom is 0.154 e. The van der Waals surface area contributed by atoms with Crippen LogP contribution in [0, 0.1) is 6.92 Å². The lowest BCUT2D eigenvalue weighted by molar-refractivity contribution is -0.0342. The molecule has 0 saturated heterocycles. The minimum atomic E-state index is -0.582. The van der Waals surface area contributed by atoms with Gasteiger partial charge in [-0.15, -0.1) is 0 Å². The van der Waals surface area contributed by atoms with Gasteiger partial charge in [0.25, 0.3) is 0 Å². The molecule has 6 N–H and O–H groups in total. The molecular formula is C21H27BrN10O2. The second-order valence-electron chi connectivity index (χ2n) is 9.83. The summed E-state index contributed by atoms with van der Waals surface area (Å²) in [5, 5.41) is 27.9. The number of aromatic nitrogens is 8. The quantitative estimate of drug-likeness (QED) is 0.298. The van der Waals surface area contributed by atoms with Gasteiger partial charge in [-0.25, -0.2) is 29.0 Å². The van der Waals surface area contributed by atoms with E-state index < -0.39 is 11.2 Å². The molecule has 0 unspecified atom stereocenters. The average molecular weight is 531 g/mol. The summed E-state index contributed by atoms with van der Waals surface area (Å²) in [5.74, 6) is 3.02. The van der Waals surface area contributed by atoms with E-state index in [1.54, 1.807) is 9.03 Å². The minimum Gasteiger partial charge on any atom is -0.390 e. The van der Waals surface area contributed by atoms with Crippen molar-refractivity contribution in [2.24, 2.45) is 0 Å². The Hall–Kier alpha value is -2.90. The summed E-state index contributed by atoms with van der Waals surface area (Å²) in [6, 6.07) is 0. The lowest BCUT2D eigenvalue weighted by Crippen LogP contribution is -2.40. The molecule has 0 atom stereocenters. The standard InChI is InChI=1S/C11H15N5O.C10H12BrN5O/c1-6-8-9(12)13-5-14-16(8)10(15-6)7-3-11(2,17)4-7;1-10(17)2-5(3-10)9-15-7(11)6-8(12)13-4-14-16(6)9/h5,7,17H,3-4H2,1-2H3,(H2,12,13,14);4-5,17H,2-3H2,1H3,(H2,12,13,14). The van der Waals surface area contributed by atoms with Crippen LogP contribution in [0.5, 0.6) is 0 Å². The van der Waals surface area contributed by atoms with E-state index in [1.807, 2.05) is 20.8 Å². The van der Waals surface area contributed by atoms with Gasteiger partial charge in [-0.1, -0.05) is 0 Å². The molecule has 0 bridgehead atoms. The van der Waals surface area contributed by atoms with E-state index >= 15 is 0 Å². The molecule has 2 aliphatic rings. The first-order valence-corrected chi connectivity index (χ1v) is 11.8. The molecule has 4 aromatic heterocycles. The molecule has 2 saturated carbocycles. The maximum atomic E-state index is 9.78. The number of imidazole rings is 2. The minimum absolute atomic E-state index is 0.220. The third-order valence-corrected chi connectivity index (χ3v) is 7.13. The maximum absolute atomic E-state index is 9.78. The van der Waals surface area contributed by atoms with Crippen molar-refractivity contribution in [1.82, 2.24) is 39.2 Å². The van der Waals surface area contributed by atoms with Crippen molar-refractivity contribution < 1.29 is 10.2 Å². The summed E-state index contributed by atoms with van der Waals surface area (Å²) in [4.78, 5) is 16.8. The Bertz CT molecular complexity index is 1270. The number of anilines is 2. The topological polar surface area (TPSA) is 179 Å². The summed E-state index contributed by atoms with van der Waals surface area (Å²) in [6.07, 6.45) is 5.68. The van der Waals surface area contributed by atoms with Crippen molar-refractivity contribution >= 4 is 38.6 Å². The van der Waals surface area contributed by atoms with Gasteiger partial charge >= 0.3 is 0 Å². The zero-order valence-corrected chi connectivity index (χ0v) is 20.7. The molecule has 0 radical (unpaired) electrons. The van der Waals surface area contributed by atoms with Gasteiger partial charge in [0.2, 0.25) is 0 Å². The van der Waals surface area contributed by atoms with Crippen LogP contribution in [0.2, 0.25) is 0 Å². The van der Waals surface area contributed by atoms with Crippen LogP contribution in [0.1, 0.15) is 68.7 Å². The predicted molar refractivity (Wildman–Crippen MR) is 128 cm³/mol. The highest BCUT2D eigenvalue weighted by molar-refractivity contribution is 9.10. The van der Waals surface area contributed by atoms with Crippen molar-refractivity contribution in [3.8, 4) is 0 Å². The van der Waals surface area contributed by atoms with Crippen molar-refractivity contribution in [2.75, 3.05) is 11.5 Å². The molecule has 0 aromatic carbocycles. The molecular weight excluding hydrogens is 504 g/mol. The van der Waals surface area contributed by atoms with Crippen LogP contribution in [0.25, 0.3) is 11.0 Å². The third kappa shape index (κ3) is 3.87. The Morgan fingerprint density at radius 3 is 1.79 bits per heavy atom. The first kappa shape index (κ1) is 22.9. The van der Waals surface area contributed by atoms with Crippen LogP contribution in [0.15, 0.2) is 17.3 Å². The van der Waals surface area contributed by atoms with Gasteiger partial charge in [-0.2, -0.15) is 10.2 Å². The van der Waals surface area contributed by atoms with Gasteiger partial charge < -0.3 is 21.7 Å². The van der Waals surface area contributed by atoms with Crippen LogP contribution >= 0.6 is 15.9 Å². The number of nitrogen functional groups attached to an aromatic ring is 2. The molecule has 0 aliphatic heterocycles. The predicted octanol–water partition coefficient (Wildman–Crippen LogP) is 1.74. The fourth-order valence-electron chi connectivity index (χ4n) is 4.98. The first-order valence-electron chi connectivity index (χ1n) is 11.0. The van der Waals surface area contributed by atoms with Gasteiger partial charge in [0.15, 0.2) is 11.6 Å². The Morgan fingerprint density at radius 1 is 0.853 bits per heavy atom. The van der Waals surface area contributed by atoms with Crippen molar-refractivity contribution in [1.29, 1.82) is 0 Å². The van der Waals surface area contributed by atoms with Crippen molar-refractivity contribution in [3.63, 3.8) is 0 Å². The fourth-order valence-corrected chi connectivity index (χ4v) is 5.54. The molecule has 2 fully saturated rings. The fraction of sp³-hybridized carbons (Fsp3) is 0.524. The van der Waals surface area contributed by atoms with Crippen LogP contribution < -0.4 is 11.5 Å². The highest BCUT2D eigenvalue weighted by Crippen LogP contribution is 2.45.